The summed E-state index contributed by atoms with van der Waals surface area (Å²) < 4.78 is 1.70. The predicted molar refractivity (Wildman–Crippen MR) is 84.5 cm³/mol. The molecule has 22 heavy (non-hydrogen) atoms. The van der Waals surface area contributed by atoms with Gasteiger partial charge in [-0.1, -0.05) is 17.7 Å². The smallest absolute Gasteiger partial charge is 0.253 e. The Kier molecular flexibility index (Phi) is 3.05. The monoisotopic (exact) mass is 307 g/mol. The second-order valence-corrected chi connectivity index (χ2v) is 5.14. The lowest BCUT2D eigenvalue weighted by molar-refractivity contribution is 0.945. The Morgan fingerprint density at radius 3 is 2.50 bits per heavy atom. The molecule has 4 rings (SSSR count). The van der Waals surface area contributed by atoms with Gasteiger partial charge in [-0.3, -0.25) is 4.98 Å². The van der Waals surface area contributed by atoms with E-state index in [9.17, 15) is 0 Å². The molecule has 3 heterocycles. The summed E-state index contributed by atoms with van der Waals surface area (Å²) in [4.78, 5) is 13.1. The van der Waals surface area contributed by atoms with Crippen LogP contribution in [0.15, 0.2) is 60.9 Å². The molecule has 4 aromatic rings. The first-order valence-corrected chi connectivity index (χ1v) is 7.08. The lowest BCUT2D eigenvalue weighted by Gasteiger charge is -2.01. The van der Waals surface area contributed by atoms with Gasteiger partial charge in [-0.05, 0) is 42.5 Å². The maximum atomic E-state index is 5.92. The van der Waals surface area contributed by atoms with E-state index >= 15 is 0 Å². The number of nitrogens with zero attached hydrogens (tertiary/aromatic N) is 5. The Labute approximate surface area is 131 Å². The van der Waals surface area contributed by atoms with Gasteiger partial charge in [0.15, 0.2) is 5.82 Å². The molecule has 0 amide bonds. The molecule has 0 bridgehead atoms. The second kappa shape index (κ2) is 5.20. The summed E-state index contributed by atoms with van der Waals surface area (Å²) >= 11 is 5.92. The van der Waals surface area contributed by atoms with Crippen molar-refractivity contribution in [3.63, 3.8) is 0 Å². The van der Waals surface area contributed by atoms with E-state index in [0.717, 1.165) is 17.0 Å². The first-order chi connectivity index (χ1) is 10.8. The summed E-state index contributed by atoms with van der Waals surface area (Å²) in [5, 5.41) is 5.23. The van der Waals surface area contributed by atoms with Gasteiger partial charge in [0.05, 0.1) is 11.4 Å². The first kappa shape index (κ1) is 12.9. The quantitative estimate of drug-likeness (QED) is 0.568. The molecule has 0 fully saturated rings. The Balaban J connectivity index is 1.89. The largest absolute Gasteiger partial charge is 0.255 e. The molecule has 0 aliphatic heterocycles. The summed E-state index contributed by atoms with van der Waals surface area (Å²) in [6, 6.07) is 15.0. The maximum absolute atomic E-state index is 5.92. The van der Waals surface area contributed by atoms with Crippen LogP contribution < -0.4 is 0 Å². The maximum Gasteiger partial charge on any atom is 0.253 e. The van der Waals surface area contributed by atoms with Crippen LogP contribution in [0.5, 0.6) is 0 Å². The van der Waals surface area contributed by atoms with Crippen molar-refractivity contribution in [2.75, 3.05) is 0 Å². The van der Waals surface area contributed by atoms with Crippen molar-refractivity contribution in [3.8, 4) is 22.8 Å². The van der Waals surface area contributed by atoms with Gasteiger partial charge in [-0.15, -0.1) is 5.10 Å². The lowest BCUT2D eigenvalue weighted by Crippen LogP contribution is -1.97. The van der Waals surface area contributed by atoms with Gasteiger partial charge >= 0.3 is 0 Å². The molecule has 0 radical (unpaired) electrons. The fourth-order valence-electron chi connectivity index (χ4n) is 2.22. The van der Waals surface area contributed by atoms with Crippen molar-refractivity contribution in [1.82, 2.24) is 24.6 Å². The molecule has 0 unspecified atom stereocenters. The zero-order chi connectivity index (χ0) is 14.9. The van der Waals surface area contributed by atoms with Gasteiger partial charge in [-0.2, -0.15) is 9.50 Å². The van der Waals surface area contributed by atoms with Crippen LogP contribution in [0.2, 0.25) is 5.02 Å². The Morgan fingerprint density at radius 1 is 0.864 bits per heavy atom. The van der Waals surface area contributed by atoms with Crippen LogP contribution in [0.3, 0.4) is 0 Å². The molecule has 0 atom stereocenters. The number of pyridine rings is 1. The summed E-state index contributed by atoms with van der Waals surface area (Å²) in [7, 11) is 0. The molecule has 0 saturated heterocycles. The van der Waals surface area contributed by atoms with Crippen LogP contribution in [-0.2, 0) is 0 Å². The molecule has 6 heteroatoms. The normalized spacial score (nSPS) is 11.0. The number of rotatable bonds is 2. The van der Waals surface area contributed by atoms with E-state index in [1.54, 1.807) is 16.9 Å². The van der Waals surface area contributed by atoms with Crippen molar-refractivity contribution in [2.45, 2.75) is 0 Å². The van der Waals surface area contributed by atoms with Gasteiger partial charge in [0.1, 0.15) is 0 Å². The van der Waals surface area contributed by atoms with Gasteiger partial charge in [0.25, 0.3) is 5.78 Å². The highest BCUT2D eigenvalue weighted by Crippen LogP contribution is 2.21. The van der Waals surface area contributed by atoms with E-state index in [1.165, 1.54) is 0 Å². The topological polar surface area (TPSA) is 56.0 Å². The molecule has 5 nitrogen and oxygen atoms in total. The summed E-state index contributed by atoms with van der Waals surface area (Å²) in [5.74, 6) is 1.14. The fourth-order valence-corrected chi connectivity index (χ4v) is 2.35. The van der Waals surface area contributed by atoms with E-state index in [4.69, 9.17) is 11.6 Å². The average molecular weight is 308 g/mol. The number of benzene rings is 1. The third kappa shape index (κ3) is 2.21. The van der Waals surface area contributed by atoms with Crippen molar-refractivity contribution in [1.29, 1.82) is 0 Å². The molecule has 3 aromatic heterocycles. The summed E-state index contributed by atoms with van der Waals surface area (Å²) in [6.07, 6.45) is 3.46. The third-order valence-electron chi connectivity index (χ3n) is 3.27. The van der Waals surface area contributed by atoms with Crippen LogP contribution in [0, 0.1) is 0 Å². The van der Waals surface area contributed by atoms with E-state index in [-0.39, 0.29) is 0 Å². The molecular formula is C16H10ClN5. The molecule has 0 spiro atoms. The number of hydrogen-bond acceptors (Lipinski definition) is 4. The summed E-state index contributed by atoms with van der Waals surface area (Å²) in [6.45, 7) is 0. The van der Waals surface area contributed by atoms with Gasteiger partial charge in [-0.25, -0.2) is 4.98 Å². The zero-order valence-electron chi connectivity index (χ0n) is 11.4. The number of halogens is 1. The minimum atomic E-state index is 0.535. The molecule has 106 valence electrons. The van der Waals surface area contributed by atoms with Crippen molar-refractivity contribution in [2.24, 2.45) is 0 Å². The zero-order valence-corrected chi connectivity index (χ0v) is 12.1. The summed E-state index contributed by atoms with van der Waals surface area (Å²) in [5.41, 5.74) is 2.56. The third-order valence-corrected chi connectivity index (χ3v) is 3.52. The van der Waals surface area contributed by atoms with Gasteiger partial charge in [0.2, 0.25) is 0 Å². The van der Waals surface area contributed by atoms with E-state index in [2.05, 4.69) is 20.1 Å². The van der Waals surface area contributed by atoms with Crippen LogP contribution in [0.4, 0.5) is 0 Å². The minimum absolute atomic E-state index is 0.535. The highest BCUT2D eigenvalue weighted by atomic mass is 35.5. The second-order valence-electron chi connectivity index (χ2n) is 4.70. The van der Waals surface area contributed by atoms with E-state index in [0.29, 0.717) is 16.6 Å². The first-order valence-electron chi connectivity index (χ1n) is 6.70. The average Bonchev–Trinajstić information content (AvgIpc) is 3.00. The molecule has 0 aliphatic rings. The van der Waals surface area contributed by atoms with E-state index < -0.39 is 0 Å². The van der Waals surface area contributed by atoms with Crippen molar-refractivity contribution in [3.05, 3.63) is 65.9 Å². The fraction of sp³-hybridized carbons (Fsp3) is 0. The molecule has 0 saturated carbocycles. The van der Waals surface area contributed by atoms with Gasteiger partial charge < -0.3 is 0 Å². The molecule has 1 aromatic carbocycles. The van der Waals surface area contributed by atoms with Crippen molar-refractivity contribution < 1.29 is 0 Å². The lowest BCUT2D eigenvalue weighted by atomic mass is 10.2. The Hall–Kier alpha value is -2.79. The van der Waals surface area contributed by atoms with Crippen LogP contribution in [-0.4, -0.2) is 24.6 Å². The van der Waals surface area contributed by atoms with Crippen LogP contribution in [0.25, 0.3) is 28.6 Å². The standard InChI is InChI=1S/C16H10ClN5/c17-12-6-4-11(5-7-12)15-20-16-19-10-8-14(22(16)21-15)13-3-1-2-9-18-13/h1-10H. The van der Waals surface area contributed by atoms with E-state index in [1.807, 2.05) is 48.5 Å². The number of aromatic nitrogens is 5. The Bertz CT molecular complexity index is 932. The van der Waals surface area contributed by atoms with Crippen LogP contribution in [0.1, 0.15) is 0 Å². The SMILES string of the molecule is Clc1ccc(-c2nc3nccc(-c4ccccn4)n3n2)cc1. The van der Waals surface area contributed by atoms with Crippen LogP contribution >= 0.6 is 11.6 Å². The number of hydrogen-bond donors (Lipinski definition) is 0. The van der Waals surface area contributed by atoms with Gasteiger partial charge in [0, 0.05) is 23.0 Å². The minimum Gasteiger partial charge on any atom is -0.255 e. The molecule has 0 N–H and O–H groups in total. The number of fused-ring (bicyclic) bond motifs is 1. The predicted octanol–water partition coefficient (Wildman–Crippen LogP) is 3.51. The molecule has 0 aliphatic carbocycles. The Morgan fingerprint density at radius 2 is 1.73 bits per heavy atom. The van der Waals surface area contributed by atoms with Crippen molar-refractivity contribution >= 4 is 17.4 Å². The molecular weight excluding hydrogens is 298 g/mol. The highest BCUT2D eigenvalue weighted by molar-refractivity contribution is 6.30. The highest BCUT2D eigenvalue weighted by Gasteiger charge is 2.11.